The molecule has 0 aromatic rings. The number of hydrogen-bond acceptors (Lipinski definition) is 2. The summed E-state index contributed by atoms with van der Waals surface area (Å²) in [4.78, 5) is 10.2. The molecule has 78 valence electrons. The van der Waals surface area contributed by atoms with Crippen LogP contribution in [0.15, 0.2) is 0 Å². The van der Waals surface area contributed by atoms with Gasteiger partial charge in [-0.15, -0.1) is 12.4 Å². The molecular weight excluding hydrogens is 190 g/mol. The molecule has 1 fully saturated rings. The van der Waals surface area contributed by atoms with E-state index < -0.39 is 5.97 Å². The van der Waals surface area contributed by atoms with Crippen LogP contribution < -0.4 is 5.32 Å². The van der Waals surface area contributed by atoms with Crippen molar-refractivity contribution in [1.29, 1.82) is 0 Å². The van der Waals surface area contributed by atoms with Crippen molar-refractivity contribution in [2.75, 3.05) is 6.54 Å². The Bertz CT molecular complexity index is 147. The predicted octanol–water partition coefficient (Wildman–Crippen LogP) is 1.81. The van der Waals surface area contributed by atoms with E-state index in [1.165, 1.54) is 19.3 Å². The summed E-state index contributed by atoms with van der Waals surface area (Å²) in [5.41, 5.74) is 0. The molecule has 3 nitrogen and oxygen atoms in total. The van der Waals surface area contributed by atoms with Gasteiger partial charge in [-0.05, 0) is 32.2 Å². The zero-order valence-electron chi connectivity index (χ0n) is 7.79. The molecule has 0 aromatic carbocycles. The normalized spacial score (nSPS) is 22.0. The molecule has 1 saturated heterocycles. The van der Waals surface area contributed by atoms with Gasteiger partial charge in [0.25, 0.3) is 0 Å². The molecule has 1 rings (SSSR count). The maximum Gasteiger partial charge on any atom is 0.303 e. The number of nitrogens with one attached hydrogen (secondary N) is 1. The van der Waals surface area contributed by atoms with E-state index in [-0.39, 0.29) is 12.4 Å². The Kier molecular flexibility index (Phi) is 7.00. The zero-order chi connectivity index (χ0) is 8.81. The standard InChI is InChI=1S/C9H17NO2.ClH/c11-9(12)6-3-5-8-4-1-2-7-10-8;/h8,10H,1-7H2,(H,11,12);1H. The summed E-state index contributed by atoms with van der Waals surface area (Å²) < 4.78 is 0. The Labute approximate surface area is 85.3 Å². The van der Waals surface area contributed by atoms with Crippen LogP contribution in [0.5, 0.6) is 0 Å². The van der Waals surface area contributed by atoms with Crippen molar-refractivity contribution in [1.82, 2.24) is 5.32 Å². The molecule has 13 heavy (non-hydrogen) atoms. The maximum atomic E-state index is 10.2. The van der Waals surface area contributed by atoms with Crippen LogP contribution in [0.25, 0.3) is 0 Å². The summed E-state index contributed by atoms with van der Waals surface area (Å²) in [6.07, 6.45) is 5.94. The number of carboxylic acid groups (broad SMARTS) is 1. The van der Waals surface area contributed by atoms with Crippen LogP contribution in [0.2, 0.25) is 0 Å². The van der Waals surface area contributed by atoms with Crippen LogP contribution in [0, 0.1) is 0 Å². The van der Waals surface area contributed by atoms with Crippen LogP contribution >= 0.6 is 12.4 Å². The first-order valence-electron chi connectivity index (χ1n) is 4.74. The molecule has 1 aliphatic rings. The monoisotopic (exact) mass is 207 g/mol. The highest BCUT2D eigenvalue weighted by Gasteiger charge is 2.11. The minimum atomic E-state index is -0.675. The highest BCUT2D eigenvalue weighted by atomic mass is 35.5. The average molecular weight is 208 g/mol. The lowest BCUT2D eigenvalue weighted by Gasteiger charge is -2.22. The van der Waals surface area contributed by atoms with Gasteiger partial charge in [0.1, 0.15) is 0 Å². The van der Waals surface area contributed by atoms with Gasteiger partial charge in [-0.1, -0.05) is 6.42 Å². The van der Waals surface area contributed by atoms with Crippen LogP contribution in [0.3, 0.4) is 0 Å². The van der Waals surface area contributed by atoms with Crippen LogP contribution in [0.4, 0.5) is 0 Å². The average Bonchev–Trinajstić information content (AvgIpc) is 2.05. The molecular formula is C9H18ClNO2. The lowest BCUT2D eigenvalue weighted by molar-refractivity contribution is -0.137. The molecule has 1 heterocycles. The van der Waals surface area contributed by atoms with Crippen molar-refractivity contribution in [2.45, 2.75) is 44.6 Å². The van der Waals surface area contributed by atoms with Gasteiger partial charge in [-0.25, -0.2) is 0 Å². The van der Waals surface area contributed by atoms with E-state index in [1.807, 2.05) is 0 Å². The first-order chi connectivity index (χ1) is 5.79. The van der Waals surface area contributed by atoms with Crippen LogP contribution in [-0.2, 0) is 4.79 Å². The molecule has 2 N–H and O–H groups in total. The van der Waals surface area contributed by atoms with Gasteiger partial charge in [0, 0.05) is 12.5 Å². The first kappa shape index (κ1) is 12.7. The van der Waals surface area contributed by atoms with Crippen molar-refractivity contribution in [3.63, 3.8) is 0 Å². The van der Waals surface area contributed by atoms with Crippen molar-refractivity contribution in [3.8, 4) is 0 Å². The molecule has 0 spiro atoms. The van der Waals surface area contributed by atoms with Gasteiger partial charge in [0.2, 0.25) is 0 Å². The Hall–Kier alpha value is -0.280. The minimum absolute atomic E-state index is 0. The van der Waals surface area contributed by atoms with Gasteiger partial charge >= 0.3 is 5.97 Å². The fraction of sp³-hybridized carbons (Fsp3) is 0.889. The maximum absolute atomic E-state index is 10.2. The van der Waals surface area contributed by atoms with Gasteiger partial charge in [-0.3, -0.25) is 4.79 Å². The molecule has 0 bridgehead atoms. The summed E-state index contributed by atoms with van der Waals surface area (Å²) in [6.45, 7) is 1.11. The third kappa shape index (κ3) is 5.88. The van der Waals surface area contributed by atoms with Crippen LogP contribution in [-0.4, -0.2) is 23.7 Å². The van der Waals surface area contributed by atoms with Gasteiger partial charge in [0.15, 0.2) is 0 Å². The smallest absolute Gasteiger partial charge is 0.303 e. The number of carbonyl (C=O) groups is 1. The van der Waals surface area contributed by atoms with Gasteiger partial charge in [-0.2, -0.15) is 0 Å². The van der Waals surface area contributed by atoms with E-state index in [1.54, 1.807) is 0 Å². The summed E-state index contributed by atoms with van der Waals surface area (Å²) in [5.74, 6) is -0.675. The largest absolute Gasteiger partial charge is 0.481 e. The number of carboxylic acids is 1. The Morgan fingerprint density at radius 2 is 2.23 bits per heavy atom. The molecule has 1 aliphatic heterocycles. The molecule has 0 amide bonds. The van der Waals surface area contributed by atoms with Crippen molar-refractivity contribution < 1.29 is 9.90 Å². The van der Waals surface area contributed by atoms with Crippen LogP contribution in [0.1, 0.15) is 38.5 Å². The number of halogens is 1. The molecule has 0 radical (unpaired) electrons. The predicted molar refractivity (Wildman–Crippen MR) is 54.4 cm³/mol. The van der Waals surface area contributed by atoms with E-state index in [9.17, 15) is 4.79 Å². The molecule has 1 atom stereocenters. The third-order valence-corrected chi connectivity index (χ3v) is 2.36. The SMILES string of the molecule is Cl.O=C(O)CCCC1CCCCN1. The molecule has 0 aromatic heterocycles. The summed E-state index contributed by atoms with van der Waals surface area (Å²) in [6, 6.07) is 0.582. The number of hydrogen-bond donors (Lipinski definition) is 2. The van der Waals surface area contributed by atoms with Crippen molar-refractivity contribution in [3.05, 3.63) is 0 Å². The minimum Gasteiger partial charge on any atom is -0.481 e. The fourth-order valence-corrected chi connectivity index (χ4v) is 1.67. The molecule has 1 unspecified atom stereocenters. The highest BCUT2D eigenvalue weighted by molar-refractivity contribution is 5.85. The second-order valence-electron chi connectivity index (χ2n) is 3.43. The quantitative estimate of drug-likeness (QED) is 0.739. The van der Waals surface area contributed by atoms with E-state index in [2.05, 4.69) is 5.32 Å². The number of aliphatic carboxylic acids is 1. The Morgan fingerprint density at radius 1 is 1.46 bits per heavy atom. The Morgan fingerprint density at radius 3 is 2.77 bits per heavy atom. The lowest BCUT2D eigenvalue weighted by Crippen LogP contribution is -2.33. The van der Waals surface area contributed by atoms with Gasteiger partial charge < -0.3 is 10.4 Å². The van der Waals surface area contributed by atoms with Gasteiger partial charge in [0.05, 0.1) is 0 Å². The Balaban J connectivity index is 0.00000144. The first-order valence-corrected chi connectivity index (χ1v) is 4.74. The summed E-state index contributed by atoms with van der Waals surface area (Å²) in [5, 5.41) is 11.8. The molecule has 4 heteroatoms. The van der Waals surface area contributed by atoms with E-state index in [4.69, 9.17) is 5.11 Å². The topological polar surface area (TPSA) is 49.3 Å². The number of rotatable bonds is 4. The highest BCUT2D eigenvalue weighted by Crippen LogP contribution is 2.12. The lowest BCUT2D eigenvalue weighted by atomic mass is 10.00. The second-order valence-corrected chi connectivity index (χ2v) is 3.43. The van der Waals surface area contributed by atoms with E-state index in [0.717, 1.165) is 19.4 Å². The molecule has 0 saturated carbocycles. The van der Waals surface area contributed by atoms with Crippen molar-refractivity contribution >= 4 is 18.4 Å². The fourth-order valence-electron chi connectivity index (χ4n) is 1.67. The molecule has 0 aliphatic carbocycles. The van der Waals surface area contributed by atoms with Crippen molar-refractivity contribution in [2.24, 2.45) is 0 Å². The second kappa shape index (κ2) is 7.15. The summed E-state index contributed by atoms with van der Waals surface area (Å²) >= 11 is 0. The summed E-state index contributed by atoms with van der Waals surface area (Å²) in [7, 11) is 0. The third-order valence-electron chi connectivity index (χ3n) is 2.36. The number of piperidine rings is 1. The van der Waals surface area contributed by atoms with E-state index in [0.29, 0.717) is 12.5 Å². The van der Waals surface area contributed by atoms with E-state index >= 15 is 0 Å². The zero-order valence-corrected chi connectivity index (χ0v) is 8.61.